The zero-order chi connectivity index (χ0) is 24.4. The first-order valence-corrected chi connectivity index (χ1v) is 10.8. The molecule has 8 heteroatoms. The number of rotatable bonds is 7. The van der Waals surface area contributed by atoms with Crippen LogP contribution in [-0.2, 0) is 15.7 Å². The summed E-state index contributed by atoms with van der Waals surface area (Å²) in [5.74, 6) is 0.473. The van der Waals surface area contributed by atoms with Gasteiger partial charge in [-0.25, -0.2) is 0 Å². The maximum Gasteiger partial charge on any atom is 0.416 e. The van der Waals surface area contributed by atoms with E-state index in [4.69, 9.17) is 14.2 Å². The van der Waals surface area contributed by atoms with Gasteiger partial charge in [0.2, 0.25) is 0 Å². The molecular weight excluding hydrogens is 435 g/mol. The van der Waals surface area contributed by atoms with Crippen molar-refractivity contribution in [3.63, 3.8) is 0 Å². The molecule has 2 unspecified atom stereocenters. The normalized spacial score (nSPS) is 18.3. The predicted octanol–water partition coefficient (Wildman–Crippen LogP) is 5.27. The van der Waals surface area contributed by atoms with Crippen molar-refractivity contribution in [3.05, 3.63) is 59.2 Å². The average Bonchev–Trinajstić information content (AvgIpc) is 2.69. The molecule has 0 aromatic heterocycles. The summed E-state index contributed by atoms with van der Waals surface area (Å²) in [5.41, 5.74) is 0.168. The van der Waals surface area contributed by atoms with E-state index in [1.807, 2.05) is 38.9 Å². The van der Waals surface area contributed by atoms with Crippen molar-refractivity contribution in [2.24, 2.45) is 0 Å². The SMILES string of the molecule is CC(=O)OC(COc1ccc2c(c1)OC(C)(C)CC2c1cccc(C(F)(F)F)c1)CN(C)C. The van der Waals surface area contributed by atoms with Crippen LogP contribution in [0.2, 0.25) is 0 Å². The zero-order valence-electron chi connectivity index (χ0n) is 19.5. The summed E-state index contributed by atoms with van der Waals surface area (Å²) in [7, 11) is 3.75. The molecule has 3 rings (SSSR count). The molecule has 2 atom stereocenters. The number of hydrogen-bond acceptors (Lipinski definition) is 5. The minimum Gasteiger partial charge on any atom is -0.490 e. The Balaban J connectivity index is 1.86. The third kappa shape index (κ3) is 6.63. The fourth-order valence-electron chi connectivity index (χ4n) is 4.11. The van der Waals surface area contributed by atoms with Crippen molar-refractivity contribution < 1.29 is 32.2 Å². The first-order valence-electron chi connectivity index (χ1n) is 10.8. The lowest BCUT2D eigenvalue weighted by atomic mass is 9.79. The fraction of sp³-hybridized carbons (Fsp3) is 0.480. The molecular formula is C25H30F3NO4. The Morgan fingerprint density at radius 1 is 1.21 bits per heavy atom. The van der Waals surface area contributed by atoms with Gasteiger partial charge in [-0.05, 0) is 52.1 Å². The van der Waals surface area contributed by atoms with Gasteiger partial charge in [0.05, 0.1) is 5.56 Å². The number of alkyl halides is 3. The van der Waals surface area contributed by atoms with Crippen LogP contribution in [0.3, 0.4) is 0 Å². The van der Waals surface area contributed by atoms with Gasteiger partial charge in [0, 0.05) is 31.0 Å². The number of carbonyl (C=O) groups is 1. The molecule has 1 aliphatic rings. The molecule has 2 aromatic rings. The van der Waals surface area contributed by atoms with Gasteiger partial charge in [0.25, 0.3) is 0 Å². The second kappa shape index (κ2) is 9.63. The van der Waals surface area contributed by atoms with Crippen LogP contribution in [0.5, 0.6) is 11.5 Å². The fourth-order valence-corrected chi connectivity index (χ4v) is 4.11. The Labute approximate surface area is 192 Å². The Morgan fingerprint density at radius 3 is 2.58 bits per heavy atom. The van der Waals surface area contributed by atoms with Crippen molar-refractivity contribution in [3.8, 4) is 11.5 Å². The number of carbonyl (C=O) groups excluding carboxylic acids is 1. The molecule has 0 saturated heterocycles. The van der Waals surface area contributed by atoms with E-state index in [1.165, 1.54) is 19.1 Å². The first-order chi connectivity index (χ1) is 15.3. The second-order valence-corrected chi connectivity index (χ2v) is 9.25. The van der Waals surface area contributed by atoms with Gasteiger partial charge in [0.1, 0.15) is 29.8 Å². The smallest absolute Gasteiger partial charge is 0.416 e. The van der Waals surface area contributed by atoms with Gasteiger partial charge >= 0.3 is 12.1 Å². The number of ether oxygens (including phenoxy) is 3. The number of esters is 1. The van der Waals surface area contributed by atoms with Gasteiger partial charge in [-0.15, -0.1) is 0 Å². The lowest BCUT2D eigenvalue weighted by molar-refractivity contribution is -0.148. The molecule has 1 aliphatic heterocycles. The minimum atomic E-state index is -4.40. The number of fused-ring (bicyclic) bond motifs is 1. The maximum absolute atomic E-state index is 13.3. The molecule has 0 bridgehead atoms. The summed E-state index contributed by atoms with van der Waals surface area (Å²) in [6.07, 6.45) is -4.30. The van der Waals surface area contributed by atoms with Crippen LogP contribution in [0.25, 0.3) is 0 Å². The van der Waals surface area contributed by atoms with E-state index in [1.54, 1.807) is 18.2 Å². The quantitative estimate of drug-likeness (QED) is 0.522. The monoisotopic (exact) mass is 465 g/mol. The van der Waals surface area contributed by atoms with E-state index >= 15 is 0 Å². The Morgan fingerprint density at radius 2 is 1.94 bits per heavy atom. The summed E-state index contributed by atoms with van der Waals surface area (Å²) in [4.78, 5) is 13.3. The summed E-state index contributed by atoms with van der Waals surface area (Å²) in [6, 6.07) is 10.8. The standard InChI is InChI=1S/C25H30F3NO4/c1-16(30)32-20(14-29(4)5)15-31-19-9-10-21-22(13-24(2,3)33-23(21)12-19)17-7-6-8-18(11-17)25(26,27)28/h6-12,20,22H,13-15H2,1-5H3. The van der Waals surface area contributed by atoms with Crippen LogP contribution in [0.4, 0.5) is 13.2 Å². The van der Waals surface area contributed by atoms with Crippen LogP contribution in [0.15, 0.2) is 42.5 Å². The van der Waals surface area contributed by atoms with Crippen LogP contribution in [0, 0.1) is 0 Å². The molecule has 2 aromatic carbocycles. The van der Waals surface area contributed by atoms with E-state index in [2.05, 4.69) is 0 Å². The maximum atomic E-state index is 13.3. The van der Waals surface area contributed by atoms with Crippen molar-refractivity contribution in [2.45, 2.75) is 51.0 Å². The summed E-state index contributed by atoms with van der Waals surface area (Å²) in [5, 5.41) is 0. The molecule has 33 heavy (non-hydrogen) atoms. The van der Waals surface area contributed by atoms with Crippen molar-refractivity contribution >= 4 is 5.97 Å². The largest absolute Gasteiger partial charge is 0.490 e. The van der Waals surface area contributed by atoms with E-state index in [-0.39, 0.29) is 18.5 Å². The summed E-state index contributed by atoms with van der Waals surface area (Å²) >= 11 is 0. The van der Waals surface area contributed by atoms with Gasteiger partial charge in [0.15, 0.2) is 0 Å². The number of likely N-dealkylation sites (N-methyl/N-ethyl adjacent to an activating group) is 1. The highest BCUT2D eigenvalue weighted by Crippen LogP contribution is 2.46. The molecule has 180 valence electrons. The Kier molecular flexibility index (Phi) is 7.26. The molecule has 0 radical (unpaired) electrons. The van der Waals surface area contributed by atoms with Crippen LogP contribution >= 0.6 is 0 Å². The van der Waals surface area contributed by atoms with E-state index < -0.39 is 23.4 Å². The van der Waals surface area contributed by atoms with E-state index in [9.17, 15) is 18.0 Å². The number of nitrogens with zero attached hydrogens (tertiary/aromatic N) is 1. The van der Waals surface area contributed by atoms with Crippen molar-refractivity contribution in [2.75, 3.05) is 27.2 Å². The van der Waals surface area contributed by atoms with Gasteiger partial charge < -0.3 is 19.1 Å². The predicted molar refractivity (Wildman–Crippen MR) is 119 cm³/mol. The average molecular weight is 466 g/mol. The molecule has 1 heterocycles. The highest BCUT2D eigenvalue weighted by atomic mass is 19.4. The van der Waals surface area contributed by atoms with Gasteiger partial charge in [-0.3, -0.25) is 4.79 Å². The third-order valence-corrected chi connectivity index (χ3v) is 5.40. The number of benzene rings is 2. The Hall–Kier alpha value is -2.74. The molecule has 0 aliphatic carbocycles. The molecule has 0 saturated carbocycles. The lowest BCUT2D eigenvalue weighted by Gasteiger charge is -2.38. The van der Waals surface area contributed by atoms with Crippen molar-refractivity contribution in [1.29, 1.82) is 0 Å². The van der Waals surface area contributed by atoms with E-state index in [0.29, 0.717) is 30.0 Å². The highest BCUT2D eigenvalue weighted by Gasteiger charge is 2.36. The third-order valence-electron chi connectivity index (χ3n) is 5.40. The Bertz CT molecular complexity index is 988. The van der Waals surface area contributed by atoms with Crippen LogP contribution < -0.4 is 9.47 Å². The lowest BCUT2D eigenvalue weighted by Crippen LogP contribution is -2.35. The molecule has 0 N–H and O–H groups in total. The minimum absolute atomic E-state index is 0.164. The van der Waals surface area contributed by atoms with Gasteiger partial charge in [-0.2, -0.15) is 13.2 Å². The second-order valence-electron chi connectivity index (χ2n) is 9.25. The molecule has 0 spiro atoms. The first kappa shape index (κ1) is 24.9. The van der Waals surface area contributed by atoms with Gasteiger partial charge in [-0.1, -0.05) is 24.3 Å². The molecule has 0 amide bonds. The molecule has 5 nitrogen and oxygen atoms in total. The molecule has 0 fully saturated rings. The van der Waals surface area contributed by atoms with Crippen LogP contribution in [0.1, 0.15) is 49.8 Å². The number of halogens is 3. The summed E-state index contributed by atoms with van der Waals surface area (Å²) in [6.45, 7) is 5.85. The summed E-state index contributed by atoms with van der Waals surface area (Å²) < 4.78 is 57.1. The van der Waals surface area contributed by atoms with Crippen molar-refractivity contribution in [1.82, 2.24) is 4.90 Å². The van der Waals surface area contributed by atoms with Crippen LogP contribution in [-0.4, -0.2) is 49.8 Å². The van der Waals surface area contributed by atoms with E-state index in [0.717, 1.165) is 11.6 Å². The zero-order valence-corrected chi connectivity index (χ0v) is 19.5. The highest BCUT2D eigenvalue weighted by molar-refractivity contribution is 5.66. The topological polar surface area (TPSA) is 48.0 Å². The number of hydrogen-bond donors (Lipinski definition) is 0.